The molecule has 0 fully saturated rings. The van der Waals surface area contributed by atoms with Gasteiger partial charge in [0.1, 0.15) is 0 Å². The number of aliphatic hydroxyl groups excluding tert-OH is 3. The van der Waals surface area contributed by atoms with Crippen LogP contribution in [0.2, 0.25) is 0 Å². The molecule has 0 aliphatic rings. The molecule has 0 spiro atoms. The minimum absolute atomic E-state index is 0. The first-order chi connectivity index (χ1) is 15.5. The van der Waals surface area contributed by atoms with Crippen molar-refractivity contribution >= 4 is 55.4 Å². The fourth-order valence-electron chi connectivity index (χ4n) is 2.21. The summed E-state index contributed by atoms with van der Waals surface area (Å²) in [6.07, 6.45) is -2.43. The van der Waals surface area contributed by atoms with Gasteiger partial charge in [-0.1, -0.05) is 91.0 Å². The Hall–Kier alpha value is -1.36. The SMILES string of the molecule is O=P([O-])(CO)c1ccccc1.O=P([O-])(CO)c1ccccc1.O=P([O-])(CO)c1ccccc1.[Al+3]. The molecule has 9 nitrogen and oxygen atoms in total. The van der Waals surface area contributed by atoms with Crippen molar-refractivity contribution in [3.8, 4) is 0 Å². The van der Waals surface area contributed by atoms with Gasteiger partial charge in [0.25, 0.3) is 0 Å². The molecule has 0 heterocycles. The molecule has 180 valence electrons. The standard InChI is InChI=1S/3C7H9O3P.Al/c3*8-6-11(9,10)7-4-2-1-3-5-7;/h3*1-5,8H,6H2,(H,9,10);/q;;;+3/p-3. The summed E-state index contributed by atoms with van der Waals surface area (Å²) in [4.78, 5) is 32.9. The smallest absolute Gasteiger partial charge is 0.794 e. The molecule has 0 bridgehead atoms. The second-order valence-corrected chi connectivity index (χ2v) is 12.9. The Balaban J connectivity index is 0.000000473. The fourth-order valence-corrected chi connectivity index (χ4v) is 4.58. The van der Waals surface area contributed by atoms with Crippen LogP contribution in [0, 0.1) is 0 Å². The summed E-state index contributed by atoms with van der Waals surface area (Å²) >= 11 is 0. The average Bonchev–Trinajstić information content (AvgIpc) is 2.86. The van der Waals surface area contributed by atoms with E-state index in [1.54, 1.807) is 54.6 Å². The third kappa shape index (κ3) is 10.9. The van der Waals surface area contributed by atoms with Crippen LogP contribution in [0.25, 0.3) is 0 Å². The fraction of sp³-hybridized carbons (Fsp3) is 0.143. The van der Waals surface area contributed by atoms with Crippen LogP contribution in [0.1, 0.15) is 0 Å². The Morgan fingerprint density at radius 1 is 0.471 bits per heavy atom. The Bertz CT molecular complexity index is 959. The van der Waals surface area contributed by atoms with Gasteiger partial charge in [0.15, 0.2) is 0 Å². The van der Waals surface area contributed by atoms with Gasteiger partial charge in [0.2, 0.25) is 0 Å². The maximum absolute atomic E-state index is 11.0. The summed E-state index contributed by atoms with van der Waals surface area (Å²) in [5, 5.41) is 26.0. The van der Waals surface area contributed by atoms with Gasteiger partial charge >= 0.3 is 17.4 Å². The zero-order valence-corrected chi connectivity index (χ0v) is 21.8. The summed E-state index contributed by atoms with van der Waals surface area (Å²) in [6.45, 7) is 0. The predicted molar refractivity (Wildman–Crippen MR) is 128 cm³/mol. The molecule has 0 aliphatic heterocycles. The first kappa shape index (κ1) is 32.6. The molecule has 0 radical (unpaired) electrons. The van der Waals surface area contributed by atoms with E-state index in [2.05, 4.69) is 0 Å². The topological polar surface area (TPSA) is 181 Å². The molecular formula is C21H24AlO9P3. The van der Waals surface area contributed by atoms with E-state index in [4.69, 9.17) is 15.3 Å². The summed E-state index contributed by atoms with van der Waals surface area (Å²) in [5.74, 6) is 0. The van der Waals surface area contributed by atoms with Crippen molar-refractivity contribution in [3.05, 3.63) is 91.0 Å². The molecule has 3 rings (SSSR count). The molecule has 3 N–H and O–H groups in total. The van der Waals surface area contributed by atoms with Crippen molar-refractivity contribution in [2.24, 2.45) is 0 Å². The monoisotopic (exact) mass is 540 g/mol. The zero-order chi connectivity index (χ0) is 25.0. The summed E-state index contributed by atoms with van der Waals surface area (Å²) in [7, 11) is -11.2. The van der Waals surface area contributed by atoms with Crippen molar-refractivity contribution < 1.29 is 43.7 Å². The van der Waals surface area contributed by atoms with E-state index in [0.29, 0.717) is 0 Å². The second kappa shape index (κ2) is 15.6. The van der Waals surface area contributed by atoms with Crippen molar-refractivity contribution in [3.63, 3.8) is 0 Å². The van der Waals surface area contributed by atoms with Crippen LogP contribution in [-0.4, -0.2) is 51.7 Å². The molecular weight excluding hydrogens is 516 g/mol. The third-order valence-corrected chi connectivity index (χ3v) is 8.38. The molecule has 3 aromatic rings. The van der Waals surface area contributed by atoms with E-state index in [0.717, 1.165) is 0 Å². The third-order valence-electron chi connectivity index (χ3n) is 4.01. The van der Waals surface area contributed by atoms with E-state index in [9.17, 15) is 28.4 Å². The van der Waals surface area contributed by atoms with Crippen LogP contribution in [0.15, 0.2) is 91.0 Å². The van der Waals surface area contributed by atoms with Crippen LogP contribution in [0.4, 0.5) is 0 Å². The minimum atomic E-state index is -3.72. The van der Waals surface area contributed by atoms with Crippen molar-refractivity contribution in [2.45, 2.75) is 0 Å². The molecule has 3 atom stereocenters. The van der Waals surface area contributed by atoms with Gasteiger partial charge in [-0.2, -0.15) is 0 Å². The van der Waals surface area contributed by atoms with E-state index >= 15 is 0 Å². The summed E-state index contributed by atoms with van der Waals surface area (Å²) < 4.78 is 32.9. The van der Waals surface area contributed by atoms with Crippen molar-refractivity contribution in [2.75, 3.05) is 19.0 Å². The Morgan fingerprint density at radius 3 is 0.794 bits per heavy atom. The molecule has 3 aromatic carbocycles. The van der Waals surface area contributed by atoms with Gasteiger partial charge in [-0.05, 0) is 0 Å². The average molecular weight is 540 g/mol. The molecule has 0 aliphatic carbocycles. The number of benzene rings is 3. The normalized spacial score (nSPS) is 15.4. The van der Waals surface area contributed by atoms with Gasteiger partial charge in [0.05, 0.1) is 41.2 Å². The number of hydrogen-bond acceptors (Lipinski definition) is 9. The van der Waals surface area contributed by atoms with E-state index < -0.39 is 41.2 Å². The van der Waals surface area contributed by atoms with E-state index in [1.165, 1.54) is 36.4 Å². The molecule has 34 heavy (non-hydrogen) atoms. The number of aliphatic hydroxyl groups is 3. The molecule has 0 saturated carbocycles. The largest absolute Gasteiger partial charge is 3.00 e. The predicted octanol–water partition coefficient (Wildman–Crippen LogP) is -0.680. The summed E-state index contributed by atoms with van der Waals surface area (Å²) in [5.41, 5.74) is 0. The van der Waals surface area contributed by atoms with Crippen LogP contribution in [-0.2, 0) is 13.7 Å². The van der Waals surface area contributed by atoms with Crippen LogP contribution in [0.5, 0.6) is 0 Å². The van der Waals surface area contributed by atoms with Gasteiger partial charge in [0, 0.05) is 15.9 Å². The van der Waals surface area contributed by atoms with E-state index in [-0.39, 0.29) is 33.3 Å². The Kier molecular flexibility index (Phi) is 15.0. The van der Waals surface area contributed by atoms with Crippen molar-refractivity contribution in [1.29, 1.82) is 0 Å². The number of rotatable bonds is 6. The van der Waals surface area contributed by atoms with Crippen LogP contribution < -0.4 is 30.6 Å². The Morgan fingerprint density at radius 2 is 0.647 bits per heavy atom. The number of hydrogen-bond donors (Lipinski definition) is 3. The summed E-state index contributed by atoms with van der Waals surface area (Å²) in [6, 6.07) is 23.7. The van der Waals surface area contributed by atoms with Crippen molar-refractivity contribution in [1.82, 2.24) is 0 Å². The van der Waals surface area contributed by atoms with Crippen LogP contribution >= 0.6 is 22.1 Å². The first-order valence-corrected chi connectivity index (χ1v) is 14.8. The molecule has 0 saturated heterocycles. The quantitative estimate of drug-likeness (QED) is 0.270. The Labute approximate surface area is 208 Å². The van der Waals surface area contributed by atoms with Crippen LogP contribution in [0.3, 0.4) is 0 Å². The molecule has 3 unspecified atom stereocenters. The van der Waals surface area contributed by atoms with Gasteiger partial charge in [-0.3, -0.25) is 0 Å². The molecule has 13 heteroatoms. The zero-order valence-electron chi connectivity index (χ0n) is 18.0. The van der Waals surface area contributed by atoms with E-state index in [1.807, 2.05) is 0 Å². The molecule has 0 amide bonds. The minimum Gasteiger partial charge on any atom is -0.794 e. The molecule has 0 aromatic heterocycles. The maximum atomic E-state index is 11.0. The van der Waals surface area contributed by atoms with Gasteiger partial charge < -0.3 is 43.7 Å². The first-order valence-electron chi connectivity index (χ1n) is 9.40. The van der Waals surface area contributed by atoms with Gasteiger partial charge in [-0.25, -0.2) is 0 Å². The second-order valence-electron chi connectivity index (χ2n) is 6.45. The maximum Gasteiger partial charge on any atom is 3.00 e. The van der Waals surface area contributed by atoms with Gasteiger partial charge in [-0.15, -0.1) is 0 Å².